The Morgan fingerprint density at radius 3 is 2.53 bits per heavy atom. The average molecular weight is 489 g/mol. The molecule has 0 aliphatic rings. The standard InChI is InChI=1S/C28H32N4O4/c1-5-25(34)27-31-24(17-32(27)4)20-8-6-19(7-9-20)14-23(12-13-33)30-28(35)21-10-11-26(36-18(2)3)22(15-21)16-29/h6-11,15,17-18,23,33H,5,12-14H2,1-4H3,(H,30,35)/t23-/m1/s1. The fourth-order valence-electron chi connectivity index (χ4n) is 3.88. The number of aliphatic hydroxyl groups excluding tert-OH is 1. The Bertz CT molecular complexity index is 1260. The molecule has 1 aromatic heterocycles. The summed E-state index contributed by atoms with van der Waals surface area (Å²) in [5.41, 5.74) is 3.24. The van der Waals surface area contributed by atoms with E-state index in [4.69, 9.17) is 4.74 Å². The highest BCUT2D eigenvalue weighted by molar-refractivity contribution is 5.95. The number of imidazole rings is 1. The Balaban J connectivity index is 1.71. The summed E-state index contributed by atoms with van der Waals surface area (Å²) < 4.78 is 7.36. The van der Waals surface area contributed by atoms with Crippen LogP contribution < -0.4 is 10.1 Å². The highest BCUT2D eigenvalue weighted by atomic mass is 16.5. The predicted molar refractivity (Wildman–Crippen MR) is 137 cm³/mol. The van der Waals surface area contributed by atoms with Crippen LogP contribution in [0.15, 0.2) is 48.7 Å². The van der Waals surface area contributed by atoms with Gasteiger partial charge in [-0.2, -0.15) is 5.26 Å². The maximum absolute atomic E-state index is 12.9. The first-order valence-electron chi connectivity index (χ1n) is 12.0. The van der Waals surface area contributed by atoms with Gasteiger partial charge in [0, 0.05) is 43.4 Å². The van der Waals surface area contributed by atoms with Crippen LogP contribution in [0.2, 0.25) is 0 Å². The minimum atomic E-state index is -0.320. The monoisotopic (exact) mass is 488 g/mol. The number of Topliss-reactive ketones (excluding diaryl/α,β-unsaturated/α-hetero) is 1. The van der Waals surface area contributed by atoms with E-state index in [1.807, 2.05) is 51.2 Å². The number of amides is 1. The second-order valence-corrected chi connectivity index (χ2v) is 8.91. The van der Waals surface area contributed by atoms with Gasteiger partial charge in [-0.3, -0.25) is 9.59 Å². The van der Waals surface area contributed by atoms with E-state index >= 15 is 0 Å². The molecule has 188 valence electrons. The summed E-state index contributed by atoms with van der Waals surface area (Å²) in [4.78, 5) is 29.4. The lowest BCUT2D eigenvalue weighted by atomic mass is 10.0. The maximum Gasteiger partial charge on any atom is 0.251 e. The SMILES string of the molecule is CCC(=O)c1nc(-c2ccc(C[C@@H](CCO)NC(=O)c3ccc(OC(C)C)c(C#N)c3)cc2)cn1C. The van der Waals surface area contributed by atoms with E-state index in [9.17, 15) is 20.0 Å². The number of nitriles is 1. The average Bonchev–Trinajstić information content (AvgIpc) is 3.25. The summed E-state index contributed by atoms with van der Waals surface area (Å²) in [6, 6.07) is 14.3. The molecule has 0 saturated heterocycles. The number of aromatic nitrogens is 2. The fourth-order valence-corrected chi connectivity index (χ4v) is 3.88. The largest absolute Gasteiger partial charge is 0.490 e. The number of ether oxygens (including phenoxy) is 1. The van der Waals surface area contributed by atoms with Crippen molar-refractivity contribution in [1.82, 2.24) is 14.9 Å². The lowest BCUT2D eigenvalue weighted by Gasteiger charge is -2.19. The maximum atomic E-state index is 12.9. The molecular weight excluding hydrogens is 456 g/mol. The molecule has 0 bridgehead atoms. The molecule has 2 N–H and O–H groups in total. The van der Waals surface area contributed by atoms with Crippen molar-refractivity contribution in [2.45, 2.75) is 52.2 Å². The van der Waals surface area contributed by atoms with Gasteiger partial charge in [0.05, 0.1) is 17.4 Å². The van der Waals surface area contributed by atoms with Crippen molar-refractivity contribution >= 4 is 11.7 Å². The van der Waals surface area contributed by atoms with Crippen LogP contribution in [0.25, 0.3) is 11.3 Å². The van der Waals surface area contributed by atoms with E-state index in [2.05, 4.69) is 16.4 Å². The molecule has 1 atom stereocenters. The number of carbonyl (C=O) groups is 2. The molecule has 0 fully saturated rings. The zero-order valence-corrected chi connectivity index (χ0v) is 21.1. The van der Waals surface area contributed by atoms with Gasteiger partial charge in [0.2, 0.25) is 0 Å². The minimum absolute atomic E-state index is 0.00747. The van der Waals surface area contributed by atoms with Gasteiger partial charge in [-0.05, 0) is 50.5 Å². The summed E-state index contributed by atoms with van der Waals surface area (Å²) in [7, 11) is 1.81. The first-order valence-corrected chi connectivity index (χ1v) is 12.0. The molecule has 0 spiro atoms. The molecule has 0 aliphatic carbocycles. The van der Waals surface area contributed by atoms with Crippen molar-refractivity contribution in [3.63, 3.8) is 0 Å². The molecule has 8 heteroatoms. The number of rotatable bonds is 11. The van der Waals surface area contributed by atoms with Crippen LogP contribution in [0.3, 0.4) is 0 Å². The summed E-state index contributed by atoms with van der Waals surface area (Å²) in [6.45, 7) is 5.48. The van der Waals surface area contributed by atoms with Gasteiger partial charge >= 0.3 is 0 Å². The number of nitrogens with one attached hydrogen (secondary N) is 1. The number of aliphatic hydroxyl groups is 1. The molecule has 36 heavy (non-hydrogen) atoms. The molecule has 0 unspecified atom stereocenters. The predicted octanol–water partition coefficient (Wildman–Crippen LogP) is 4.06. The van der Waals surface area contributed by atoms with Crippen LogP contribution in [-0.4, -0.2) is 45.1 Å². The first-order chi connectivity index (χ1) is 17.2. The van der Waals surface area contributed by atoms with Gasteiger partial charge in [0.15, 0.2) is 11.6 Å². The Hall–Kier alpha value is -3.96. The highest BCUT2D eigenvalue weighted by Crippen LogP contribution is 2.22. The topological polar surface area (TPSA) is 117 Å². The smallest absolute Gasteiger partial charge is 0.251 e. The number of nitrogens with zero attached hydrogens (tertiary/aromatic N) is 3. The van der Waals surface area contributed by atoms with Crippen LogP contribution in [0.5, 0.6) is 5.75 Å². The van der Waals surface area contributed by atoms with E-state index < -0.39 is 0 Å². The van der Waals surface area contributed by atoms with E-state index in [0.717, 1.165) is 16.8 Å². The third-order valence-corrected chi connectivity index (χ3v) is 5.72. The van der Waals surface area contributed by atoms with Crippen molar-refractivity contribution < 1.29 is 19.4 Å². The lowest BCUT2D eigenvalue weighted by Crippen LogP contribution is -2.37. The minimum Gasteiger partial charge on any atom is -0.490 e. The number of hydrogen-bond acceptors (Lipinski definition) is 6. The third-order valence-electron chi connectivity index (χ3n) is 5.72. The number of ketones is 1. The molecule has 0 aliphatic heterocycles. The summed E-state index contributed by atoms with van der Waals surface area (Å²) in [5, 5.41) is 21.9. The van der Waals surface area contributed by atoms with Gasteiger partial charge in [-0.1, -0.05) is 31.2 Å². The normalized spacial score (nSPS) is 11.7. The van der Waals surface area contributed by atoms with Crippen molar-refractivity contribution in [2.75, 3.05) is 6.61 Å². The van der Waals surface area contributed by atoms with E-state index in [-0.39, 0.29) is 30.4 Å². The number of hydrogen-bond donors (Lipinski definition) is 2. The molecular formula is C28H32N4O4. The highest BCUT2D eigenvalue weighted by Gasteiger charge is 2.17. The van der Waals surface area contributed by atoms with Crippen LogP contribution in [0, 0.1) is 11.3 Å². The number of benzene rings is 2. The molecule has 0 radical (unpaired) electrons. The van der Waals surface area contributed by atoms with Gasteiger partial charge in [-0.25, -0.2) is 4.98 Å². The van der Waals surface area contributed by atoms with Crippen molar-refractivity contribution in [1.29, 1.82) is 5.26 Å². The van der Waals surface area contributed by atoms with Gasteiger partial charge in [-0.15, -0.1) is 0 Å². The molecule has 1 heterocycles. The first kappa shape index (κ1) is 26.6. The van der Waals surface area contributed by atoms with Crippen LogP contribution in [-0.2, 0) is 13.5 Å². The second kappa shape index (κ2) is 12.1. The summed E-state index contributed by atoms with van der Waals surface area (Å²) >= 11 is 0. The van der Waals surface area contributed by atoms with Crippen molar-refractivity contribution in [3.8, 4) is 23.1 Å². The third kappa shape index (κ3) is 6.58. The van der Waals surface area contributed by atoms with E-state index in [1.165, 1.54) is 6.07 Å². The Labute approximate surface area is 211 Å². The van der Waals surface area contributed by atoms with Gasteiger partial charge < -0.3 is 19.7 Å². The Morgan fingerprint density at radius 2 is 1.92 bits per heavy atom. The van der Waals surface area contributed by atoms with E-state index in [0.29, 0.717) is 42.0 Å². The van der Waals surface area contributed by atoms with Crippen LogP contribution >= 0.6 is 0 Å². The summed E-state index contributed by atoms with van der Waals surface area (Å²) in [5.74, 6) is 0.548. The molecule has 3 aromatic rings. The Kier molecular flexibility index (Phi) is 8.98. The van der Waals surface area contributed by atoms with Crippen LogP contribution in [0.1, 0.15) is 65.7 Å². The van der Waals surface area contributed by atoms with Gasteiger partial charge in [0.25, 0.3) is 5.91 Å². The fraction of sp³-hybridized carbons (Fsp3) is 0.357. The molecule has 2 aromatic carbocycles. The zero-order valence-electron chi connectivity index (χ0n) is 21.1. The quantitative estimate of drug-likeness (QED) is 0.393. The van der Waals surface area contributed by atoms with E-state index in [1.54, 1.807) is 23.7 Å². The number of carbonyl (C=O) groups excluding carboxylic acids is 2. The lowest BCUT2D eigenvalue weighted by molar-refractivity contribution is 0.0928. The Morgan fingerprint density at radius 1 is 1.19 bits per heavy atom. The molecule has 0 saturated carbocycles. The second-order valence-electron chi connectivity index (χ2n) is 8.91. The molecule has 3 rings (SSSR count). The molecule has 1 amide bonds. The summed E-state index contributed by atoms with van der Waals surface area (Å²) in [6.07, 6.45) is 3.05. The van der Waals surface area contributed by atoms with Gasteiger partial charge in [0.1, 0.15) is 11.8 Å². The van der Waals surface area contributed by atoms with Crippen molar-refractivity contribution in [3.05, 3.63) is 71.2 Å². The zero-order chi connectivity index (χ0) is 26.2. The molecule has 8 nitrogen and oxygen atoms in total. The van der Waals surface area contributed by atoms with Crippen molar-refractivity contribution in [2.24, 2.45) is 7.05 Å². The number of aryl methyl sites for hydroxylation is 1. The van der Waals surface area contributed by atoms with Crippen LogP contribution in [0.4, 0.5) is 0 Å².